The third-order valence-electron chi connectivity index (χ3n) is 5.21. The SMILES string of the molecule is CCCOC(=O)CC(Sc1nn[nH]n1)C1=C(C(=O)O)N2C(=O)C(NC(=O)Cc3ccco3)[C@@H]2SC1. The summed E-state index contributed by atoms with van der Waals surface area (Å²) in [4.78, 5) is 51.1. The van der Waals surface area contributed by atoms with Crippen molar-refractivity contribution < 1.29 is 33.4 Å². The highest BCUT2D eigenvalue weighted by Crippen LogP contribution is 2.44. The van der Waals surface area contributed by atoms with E-state index in [1.807, 2.05) is 6.92 Å². The molecule has 4 rings (SSSR count). The summed E-state index contributed by atoms with van der Waals surface area (Å²) < 4.78 is 10.3. The number of ether oxygens (including phenoxy) is 1. The third-order valence-corrected chi connectivity index (χ3v) is 7.63. The van der Waals surface area contributed by atoms with Gasteiger partial charge < -0.3 is 19.6 Å². The molecule has 2 amide bonds. The molecule has 0 radical (unpaired) electrons. The number of carboxylic acid groups (broad SMARTS) is 1. The van der Waals surface area contributed by atoms with E-state index in [1.54, 1.807) is 12.1 Å². The molecule has 0 spiro atoms. The van der Waals surface area contributed by atoms with Crippen LogP contribution in [0.5, 0.6) is 0 Å². The maximum absolute atomic E-state index is 12.9. The highest BCUT2D eigenvalue weighted by atomic mass is 32.2. The average Bonchev–Trinajstić information content (AvgIpc) is 3.54. The normalized spacial score (nSPS) is 20.1. The van der Waals surface area contributed by atoms with Gasteiger partial charge in [0, 0.05) is 11.0 Å². The van der Waals surface area contributed by atoms with Crippen molar-refractivity contribution >= 4 is 47.3 Å². The van der Waals surface area contributed by atoms with Gasteiger partial charge in [-0.3, -0.25) is 19.3 Å². The predicted octanol–water partition coefficient (Wildman–Crippen LogP) is 0.578. The zero-order valence-electron chi connectivity index (χ0n) is 18.5. The Morgan fingerprint density at radius 1 is 1.46 bits per heavy atom. The first-order chi connectivity index (χ1) is 16.9. The van der Waals surface area contributed by atoms with Crippen LogP contribution in [0.4, 0.5) is 0 Å². The molecule has 4 heterocycles. The molecule has 2 aromatic rings. The number of tetrazole rings is 1. The topological polar surface area (TPSA) is 181 Å². The first-order valence-electron chi connectivity index (χ1n) is 10.7. The lowest BCUT2D eigenvalue weighted by atomic mass is 10.00. The summed E-state index contributed by atoms with van der Waals surface area (Å²) in [5.41, 5.74) is 0.162. The van der Waals surface area contributed by atoms with Crippen molar-refractivity contribution in [1.29, 1.82) is 0 Å². The van der Waals surface area contributed by atoms with Gasteiger partial charge in [-0.1, -0.05) is 18.7 Å². The standard InChI is InChI=1S/C20H22N6O7S2/c1-2-5-33-14(28)8-12(35-20-22-24-25-23-20)11-9-34-18-15(17(29)26(18)16(11)19(30)31)21-13(27)7-10-4-3-6-32-10/h3-4,6,12,15,18H,2,5,7-9H2,1H3,(H,21,27)(H,30,31)(H,22,23,24,25)/t12?,15?,18-/m0/s1. The summed E-state index contributed by atoms with van der Waals surface area (Å²) in [6.45, 7) is 2.10. The first-order valence-corrected chi connectivity index (χ1v) is 12.6. The van der Waals surface area contributed by atoms with E-state index in [1.165, 1.54) is 18.0 Å². The van der Waals surface area contributed by atoms with Crippen LogP contribution in [0.15, 0.2) is 39.2 Å². The predicted molar refractivity (Wildman–Crippen MR) is 122 cm³/mol. The lowest BCUT2D eigenvalue weighted by Crippen LogP contribution is -2.70. The largest absolute Gasteiger partial charge is 0.477 e. The van der Waals surface area contributed by atoms with Crippen LogP contribution in [0.25, 0.3) is 0 Å². The number of rotatable bonds is 11. The minimum absolute atomic E-state index is 0.0374. The van der Waals surface area contributed by atoms with E-state index in [4.69, 9.17) is 9.15 Å². The van der Waals surface area contributed by atoms with Crippen LogP contribution in [0.3, 0.4) is 0 Å². The number of carbonyl (C=O) groups is 4. The van der Waals surface area contributed by atoms with Crippen LogP contribution in [0.1, 0.15) is 25.5 Å². The summed E-state index contributed by atoms with van der Waals surface area (Å²) in [5, 5.41) is 25.2. The van der Waals surface area contributed by atoms with Crippen LogP contribution >= 0.6 is 23.5 Å². The van der Waals surface area contributed by atoms with Crippen molar-refractivity contribution in [2.45, 2.75) is 48.0 Å². The fraction of sp³-hybridized carbons (Fsp3) is 0.450. The van der Waals surface area contributed by atoms with E-state index in [2.05, 4.69) is 25.9 Å². The number of amides is 2. The second kappa shape index (κ2) is 10.9. The number of aromatic nitrogens is 4. The number of carbonyl (C=O) groups excluding carboxylic acids is 3. The molecule has 2 aliphatic rings. The van der Waals surface area contributed by atoms with Crippen LogP contribution in [-0.2, 0) is 30.3 Å². The fourth-order valence-corrected chi connectivity index (χ4v) is 6.20. The van der Waals surface area contributed by atoms with Crippen LogP contribution in [0, 0.1) is 0 Å². The Morgan fingerprint density at radius 3 is 2.94 bits per heavy atom. The van der Waals surface area contributed by atoms with Gasteiger partial charge in [-0.15, -0.1) is 22.0 Å². The monoisotopic (exact) mass is 522 g/mol. The van der Waals surface area contributed by atoms with Gasteiger partial charge in [0.05, 0.1) is 25.7 Å². The van der Waals surface area contributed by atoms with Crippen LogP contribution < -0.4 is 5.32 Å². The van der Waals surface area contributed by atoms with Crippen molar-refractivity contribution in [3.63, 3.8) is 0 Å². The molecule has 3 N–H and O–H groups in total. The number of H-pyrrole nitrogens is 1. The third kappa shape index (κ3) is 5.51. The van der Waals surface area contributed by atoms with Gasteiger partial charge in [-0.2, -0.15) is 5.21 Å². The molecule has 2 aliphatic heterocycles. The highest BCUT2D eigenvalue weighted by molar-refractivity contribution is 8.01. The van der Waals surface area contributed by atoms with E-state index in [0.29, 0.717) is 17.8 Å². The Hall–Kier alpha value is -3.33. The Bertz CT molecular complexity index is 1120. The van der Waals surface area contributed by atoms with E-state index in [-0.39, 0.29) is 36.1 Å². The number of hydrogen-bond donors (Lipinski definition) is 3. The molecule has 0 bridgehead atoms. The lowest BCUT2D eigenvalue weighted by Gasteiger charge is -2.50. The van der Waals surface area contributed by atoms with Crippen LogP contribution in [-0.4, -0.2) is 83.4 Å². The Labute approximate surface area is 207 Å². The van der Waals surface area contributed by atoms with Gasteiger partial charge in [0.2, 0.25) is 11.1 Å². The summed E-state index contributed by atoms with van der Waals surface area (Å²) in [5.74, 6) is -2.09. The number of carboxylic acids is 1. The molecule has 1 saturated heterocycles. The molecule has 13 nitrogen and oxygen atoms in total. The van der Waals surface area contributed by atoms with Gasteiger partial charge in [0.25, 0.3) is 5.91 Å². The summed E-state index contributed by atoms with van der Waals surface area (Å²) in [6.07, 6.45) is 1.92. The van der Waals surface area contributed by atoms with Crippen molar-refractivity contribution in [1.82, 2.24) is 30.8 Å². The highest BCUT2D eigenvalue weighted by Gasteiger charge is 2.55. The summed E-state index contributed by atoms with van der Waals surface area (Å²) >= 11 is 2.36. The molecule has 0 aliphatic carbocycles. The minimum Gasteiger partial charge on any atom is -0.477 e. The molecule has 2 unspecified atom stereocenters. The van der Waals surface area contributed by atoms with Gasteiger partial charge in [-0.25, -0.2) is 4.79 Å². The number of nitrogens with zero attached hydrogens (tertiary/aromatic N) is 4. The van der Waals surface area contributed by atoms with Crippen molar-refractivity contribution in [2.24, 2.45) is 0 Å². The Kier molecular flexibility index (Phi) is 7.75. The molecule has 2 aromatic heterocycles. The molecule has 15 heteroatoms. The lowest BCUT2D eigenvalue weighted by molar-refractivity contribution is -0.150. The summed E-state index contributed by atoms with van der Waals surface area (Å²) in [7, 11) is 0. The quantitative estimate of drug-likeness (QED) is 0.212. The zero-order chi connectivity index (χ0) is 24.9. The number of fused-ring (bicyclic) bond motifs is 1. The minimum atomic E-state index is -1.31. The van der Waals surface area contributed by atoms with Crippen molar-refractivity contribution in [3.8, 4) is 0 Å². The molecule has 0 aromatic carbocycles. The zero-order valence-corrected chi connectivity index (χ0v) is 20.1. The van der Waals surface area contributed by atoms with E-state index < -0.39 is 40.4 Å². The number of nitrogens with one attached hydrogen (secondary N) is 2. The molecular formula is C20H22N6O7S2. The van der Waals surface area contributed by atoms with E-state index >= 15 is 0 Å². The number of aliphatic carboxylic acids is 1. The van der Waals surface area contributed by atoms with Crippen LogP contribution in [0.2, 0.25) is 0 Å². The number of esters is 1. The van der Waals surface area contributed by atoms with Gasteiger partial charge >= 0.3 is 11.9 Å². The number of furan rings is 1. The van der Waals surface area contributed by atoms with E-state index in [9.17, 15) is 24.3 Å². The Balaban J connectivity index is 1.54. The van der Waals surface area contributed by atoms with Gasteiger partial charge in [-0.05, 0) is 29.3 Å². The van der Waals surface area contributed by atoms with Crippen molar-refractivity contribution in [2.75, 3.05) is 12.4 Å². The number of thioether (sulfide) groups is 2. The smallest absolute Gasteiger partial charge is 0.352 e. The second-order valence-corrected chi connectivity index (χ2v) is 9.89. The maximum atomic E-state index is 12.9. The molecule has 35 heavy (non-hydrogen) atoms. The van der Waals surface area contributed by atoms with E-state index in [0.717, 1.165) is 16.7 Å². The molecular weight excluding hydrogens is 500 g/mol. The number of β-lactam (4-membered cyclic amide) rings is 1. The maximum Gasteiger partial charge on any atom is 0.352 e. The fourth-order valence-electron chi connectivity index (χ4n) is 3.68. The number of aromatic amines is 1. The number of hydrogen-bond acceptors (Lipinski definition) is 11. The molecule has 3 atom stereocenters. The first kappa shape index (κ1) is 24.8. The molecule has 0 saturated carbocycles. The van der Waals surface area contributed by atoms with Crippen molar-refractivity contribution in [3.05, 3.63) is 35.4 Å². The average molecular weight is 523 g/mol. The molecule has 186 valence electrons. The Morgan fingerprint density at radius 2 is 2.29 bits per heavy atom. The molecule has 1 fully saturated rings. The van der Waals surface area contributed by atoms with Gasteiger partial charge in [0.15, 0.2) is 0 Å². The second-order valence-electron chi connectivity index (χ2n) is 7.62. The van der Waals surface area contributed by atoms with Gasteiger partial charge in [0.1, 0.15) is 22.9 Å². The summed E-state index contributed by atoms with van der Waals surface area (Å²) in [6, 6.07) is 2.44.